The van der Waals surface area contributed by atoms with E-state index in [0.29, 0.717) is 11.1 Å². The van der Waals surface area contributed by atoms with Crippen LogP contribution in [0.3, 0.4) is 0 Å². The molecule has 0 atom stereocenters. The van der Waals surface area contributed by atoms with Crippen LogP contribution in [0.2, 0.25) is 0 Å². The van der Waals surface area contributed by atoms with E-state index in [1.54, 1.807) is 42.2 Å². The van der Waals surface area contributed by atoms with Gasteiger partial charge in [0.15, 0.2) is 0 Å². The molecule has 1 N–H and O–H groups in total. The summed E-state index contributed by atoms with van der Waals surface area (Å²) in [6.07, 6.45) is 0. The average molecular weight is 325 g/mol. The quantitative estimate of drug-likeness (QED) is 0.932. The molecule has 0 aliphatic heterocycles. The van der Waals surface area contributed by atoms with Crippen LogP contribution in [-0.4, -0.2) is 16.8 Å². The van der Waals surface area contributed by atoms with Gasteiger partial charge >= 0.3 is 0 Å². The first-order valence-electron chi connectivity index (χ1n) is 6.14. The van der Waals surface area contributed by atoms with Gasteiger partial charge in [-0.3, -0.25) is 0 Å². The minimum atomic E-state index is -4.17. The van der Waals surface area contributed by atoms with E-state index in [0.717, 1.165) is 0 Å². The van der Waals surface area contributed by atoms with Crippen molar-refractivity contribution >= 4 is 20.0 Å². The van der Waals surface area contributed by atoms with Crippen LogP contribution >= 0.6 is 0 Å². The molecule has 5 nitrogen and oxygen atoms in total. The van der Waals surface area contributed by atoms with E-state index in [-0.39, 0.29) is 9.79 Å². The number of hydrogen-bond acceptors (Lipinski definition) is 4. The molecule has 0 spiro atoms. The van der Waals surface area contributed by atoms with Crippen molar-refractivity contribution in [3.05, 3.63) is 59.7 Å². The summed E-state index contributed by atoms with van der Waals surface area (Å²) < 4.78 is 50.8. The molecule has 0 aromatic heterocycles. The predicted octanol–water partition coefficient (Wildman–Crippen LogP) is 1.97. The van der Waals surface area contributed by atoms with Crippen molar-refractivity contribution in [1.82, 2.24) is 4.13 Å². The zero-order chi connectivity index (χ0) is 15.7. The second kappa shape index (κ2) is 5.59. The molecule has 2 aromatic carbocycles. The molecule has 112 valence electrons. The number of hydrogen-bond donors (Lipinski definition) is 1. The fourth-order valence-electron chi connectivity index (χ4n) is 2.06. The third kappa shape index (κ3) is 3.31. The van der Waals surface area contributed by atoms with E-state index in [1.165, 1.54) is 24.3 Å². The van der Waals surface area contributed by atoms with E-state index >= 15 is 0 Å². The van der Waals surface area contributed by atoms with Gasteiger partial charge in [0.1, 0.15) is 0 Å². The number of aryl methyl sites for hydroxylation is 2. The maximum absolute atomic E-state index is 12.4. The summed E-state index contributed by atoms with van der Waals surface area (Å²) >= 11 is 0. The first-order chi connectivity index (χ1) is 9.74. The normalized spacial score (nSPS) is 12.3. The molecule has 21 heavy (non-hydrogen) atoms. The first-order valence-corrected chi connectivity index (χ1v) is 9.10. The molecule has 0 heterocycles. The lowest BCUT2D eigenvalue weighted by molar-refractivity contribution is 0.576. The summed E-state index contributed by atoms with van der Waals surface area (Å²) in [7, 11) is -8.30. The zero-order valence-electron chi connectivity index (χ0n) is 11.6. The molecular weight excluding hydrogens is 310 g/mol. The highest BCUT2D eigenvalue weighted by atomic mass is 32.3. The smallest absolute Gasteiger partial charge is 0.206 e. The van der Waals surface area contributed by atoms with E-state index in [2.05, 4.69) is 0 Å². The predicted molar refractivity (Wildman–Crippen MR) is 79.9 cm³/mol. The number of benzene rings is 2. The number of sulfonamides is 2. The van der Waals surface area contributed by atoms with Crippen molar-refractivity contribution in [3.8, 4) is 0 Å². The van der Waals surface area contributed by atoms with Crippen molar-refractivity contribution in [2.24, 2.45) is 0 Å². The molecule has 0 amide bonds. The number of rotatable bonds is 4. The van der Waals surface area contributed by atoms with Crippen LogP contribution in [0.5, 0.6) is 0 Å². The highest BCUT2D eigenvalue weighted by Crippen LogP contribution is 2.21. The van der Waals surface area contributed by atoms with Gasteiger partial charge in [-0.05, 0) is 37.1 Å². The van der Waals surface area contributed by atoms with Crippen LogP contribution in [0.4, 0.5) is 0 Å². The van der Waals surface area contributed by atoms with E-state index in [4.69, 9.17) is 0 Å². The van der Waals surface area contributed by atoms with Crippen LogP contribution in [0.1, 0.15) is 11.1 Å². The lowest BCUT2D eigenvalue weighted by Gasteiger charge is -2.12. The fourth-order valence-corrected chi connectivity index (χ4v) is 5.43. The van der Waals surface area contributed by atoms with Crippen LogP contribution in [0.25, 0.3) is 0 Å². The molecule has 7 heteroatoms. The maximum atomic E-state index is 12.4. The Kier molecular flexibility index (Phi) is 4.18. The van der Waals surface area contributed by atoms with Gasteiger partial charge in [0.05, 0.1) is 9.79 Å². The fraction of sp³-hybridized carbons (Fsp3) is 0.143. The molecule has 0 saturated carbocycles. The first kappa shape index (κ1) is 15.7. The Hall–Kier alpha value is -1.70. The second-order valence-corrected chi connectivity index (χ2v) is 8.18. The Labute approximate surface area is 124 Å². The van der Waals surface area contributed by atoms with Crippen molar-refractivity contribution in [3.63, 3.8) is 0 Å². The van der Waals surface area contributed by atoms with Crippen LogP contribution in [-0.2, 0) is 20.0 Å². The third-order valence-electron chi connectivity index (χ3n) is 2.95. The van der Waals surface area contributed by atoms with Crippen molar-refractivity contribution < 1.29 is 16.8 Å². The largest absolute Gasteiger partial charge is 0.254 e. The monoisotopic (exact) mass is 325 g/mol. The Morgan fingerprint density at radius 2 is 1.24 bits per heavy atom. The Bertz CT molecular complexity index is 837. The average Bonchev–Trinajstić information content (AvgIpc) is 2.38. The van der Waals surface area contributed by atoms with E-state index in [1.807, 2.05) is 0 Å². The Balaban J connectivity index is 2.48. The SMILES string of the molecule is Cc1cccc(C)c1S(=O)(=O)NS(=O)(=O)c1ccccc1. The van der Waals surface area contributed by atoms with Crippen LogP contribution in [0, 0.1) is 13.8 Å². The summed E-state index contributed by atoms with van der Waals surface area (Å²) in [5.74, 6) is 0. The summed E-state index contributed by atoms with van der Waals surface area (Å²) in [6, 6.07) is 12.3. The summed E-state index contributed by atoms with van der Waals surface area (Å²) in [5, 5.41) is 0. The van der Waals surface area contributed by atoms with Gasteiger partial charge in [0.2, 0.25) is 0 Å². The molecule has 0 saturated heterocycles. The minimum absolute atomic E-state index is 0.00972. The van der Waals surface area contributed by atoms with Gasteiger partial charge in [-0.1, -0.05) is 36.4 Å². The van der Waals surface area contributed by atoms with Gasteiger partial charge in [0, 0.05) is 0 Å². The van der Waals surface area contributed by atoms with Gasteiger partial charge < -0.3 is 0 Å². The zero-order valence-corrected chi connectivity index (χ0v) is 13.2. The lowest BCUT2D eigenvalue weighted by atomic mass is 10.2. The Morgan fingerprint density at radius 1 is 0.714 bits per heavy atom. The van der Waals surface area contributed by atoms with Crippen LogP contribution < -0.4 is 4.13 Å². The number of nitrogens with one attached hydrogen (secondary N) is 1. The lowest BCUT2D eigenvalue weighted by Crippen LogP contribution is -2.31. The van der Waals surface area contributed by atoms with E-state index in [9.17, 15) is 16.8 Å². The molecule has 0 fully saturated rings. The molecule has 0 aliphatic rings. The summed E-state index contributed by atoms with van der Waals surface area (Å²) in [5.41, 5.74) is 0.983. The van der Waals surface area contributed by atoms with Gasteiger partial charge in [-0.25, -0.2) is 16.8 Å². The summed E-state index contributed by atoms with van der Waals surface area (Å²) in [6.45, 7) is 3.24. The highest BCUT2D eigenvalue weighted by Gasteiger charge is 2.26. The van der Waals surface area contributed by atoms with Crippen LogP contribution in [0.15, 0.2) is 58.3 Å². The second-order valence-electron chi connectivity index (χ2n) is 4.62. The third-order valence-corrected chi connectivity index (χ3v) is 6.78. The van der Waals surface area contributed by atoms with Gasteiger partial charge in [-0.2, -0.15) is 0 Å². The van der Waals surface area contributed by atoms with Crippen molar-refractivity contribution in [1.29, 1.82) is 0 Å². The van der Waals surface area contributed by atoms with E-state index < -0.39 is 20.0 Å². The van der Waals surface area contributed by atoms with Crippen molar-refractivity contribution in [2.75, 3.05) is 0 Å². The molecule has 2 rings (SSSR count). The Morgan fingerprint density at radius 3 is 1.76 bits per heavy atom. The van der Waals surface area contributed by atoms with Gasteiger partial charge in [-0.15, -0.1) is 4.13 Å². The summed E-state index contributed by atoms with van der Waals surface area (Å²) in [4.78, 5) is -0.107. The molecule has 2 aromatic rings. The topological polar surface area (TPSA) is 80.3 Å². The maximum Gasteiger partial charge on any atom is 0.254 e. The molecule has 0 unspecified atom stereocenters. The molecule has 0 aliphatic carbocycles. The standard InChI is InChI=1S/C14H15NO4S2/c1-11-7-6-8-12(2)14(11)21(18,19)15-20(16,17)13-9-4-3-5-10-13/h3-10,15H,1-2H3. The molecule has 0 radical (unpaired) electrons. The molecular formula is C14H15NO4S2. The molecule has 0 bridgehead atoms. The van der Waals surface area contributed by atoms with Crippen molar-refractivity contribution in [2.45, 2.75) is 23.6 Å². The highest BCUT2D eigenvalue weighted by molar-refractivity contribution is 8.04. The minimum Gasteiger partial charge on any atom is -0.206 e. The van der Waals surface area contributed by atoms with Gasteiger partial charge in [0.25, 0.3) is 20.0 Å².